The zero-order valence-electron chi connectivity index (χ0n) is 18.4. The summed E-state index contributed by atoms with van der Waals surface area (Å²) in [5.41, 5.74) is 3.24. The quantitative estimate of drug-likeness (QED) is 0.327. The monoisotopic (exact) mass is 550 g/mol. The Morgan fingerprint density at radius 1 is 1.09 bits per heavy atom. The third kappa shape index (κ3) is 6.10. The van der Waals surface area contributed by atoms with Crippen molar-refractivity contribution in [2.45, 2.75) is 25.9 Å². The van der Waals surface area contributed by atoms with Crippen LogP contribution in [0.15, 0.2) is 47.6 Å². The lowest BCUT2D eigenvalue weighted by Gasteiger charge is -2.29. The molecule has 8 nitrogen and oxygen atoms in total. The normalized spacial score (nSPS) is 16.7. The van der Waals surface area contributed by atoms with Gasteiger partial charge in [-0.1, -0.05) is 18.2 Å². The number of morpholine rings is 1. The molecule has 4 rings (SSSR count). The van der Waals surface area contributed by atoms with Gasteiger partial charge in [0.2, 0.25) is 5.91 Å². The summed E-state index contributed by atoms with van der Waals surface area (Å²) < 4.78 is 5.46. The van der Waals surface area contributed by atoms with Crippen LogP contribution in [0.25, 0.3) is 0 Å². The lowest BCUT2D eigenvalue weighted by molar-refractivity contribution is -0.117. The zero-order chi connectivity index (χ0) is 21.5. The average molecular weight is 550 g/mol. The first kappa shape index (κ1) is 24.2. The number of hydrogen-bond acceptors (Lipinski definition) is 5. The largest absolute Gasteiger partial charge is 0.378 e. The van der Waals surface area contributed by atoms with Crippen molar-refractivity contribution in [1.29, 1.82) is 0 Å². The number of hydrogen-bond donors (Lipinski definition) is 2. The van der Waals surface area contributed by atoms with Gasteiger partial charge in [0.25, 0.3) is 0 Å². The summed E-state index contributed by atoms with van der Waals surface area (Å²) in [5, 5.41) is 6.74. The van der Waals surface area contributed by atoms with Gasteiger partial charge in [0.15, 0.2) is 5.96 Å². The Labute approximate surface area is 206 Å². The predicted octanol–water partition coefficient (Wildman–Crippen LogP) is 2.53. The molecule has 1 aromatic heterocycles. The molecule has 2 N–H and O–H groups in total. The van der Waals surface area contributed by atoms with Crippen molar-refractivity contribution < 1.29 is 9.53 Å². The van der Waals surface area contributed by atoms with E-state index in [9.17, 15) is 4.79 Å². The number of amides is 1. The Morgan fingerprint density at radius 3 is 2.53 bits per heavy atom. The molecule has 0 saturated carbocycles. The number of rotatable bonds is 6. The predicted molar refractivity (Wildman–Crippen MR) is 138 cm³/mol. The molecule has 0 atom stereocenters. The molecule has 172 valence electrons. The standard InChI is InChI=1S/C23H30N6O2.HI/c1-24-23(26-16-18-6-8-20(9-7-18)29-11-3-5-21(29)30)27-17-19-4-2-10-25-22(19)28-12-14-31-15-13-28;/h2,4,6-10H,3,5,11-17H2,1H3,(H2,24,26,27);1H. The van der Waals surface area contributed by atoms with Crippen LogP contribution < -0.4 is 20.4 Å². The Hall–Kier alpha value is -2.40. The van der Waals surface area contributed by atoms with E-state index in [1.807, 2.05) is 29.3 Å². The molecular formula is C23H31IN6O2. The Kier molecular flexibility index (Phi) is 9.10. The number of nitrogens with one attached hydrogen (secondary N) is 2. The topological polar surface area (TPSA) is 82.1 Å². The molecule has 0 spiro atoms. The van der Waals surface area contributed by atoms with Gasteiger partial charge in [-0.05, 0) is 30.2 Å². The molecule has 2 aliphatic rings. The second kappa shape index (κ2) is 12.0. The minimum atomic E-state index is 0. The van der Waals surface area contributed by atoms with Crippen LogP contribution in [-0.4, -0.2) is 56.7 Å². The number of nitrogens with zero attached hydrogens (tertiary/aromatic N) is 4. The second-order valence-electron chi connectivity index (χ2n) is 7.68. The molecule has 0 aliphatic carbocycles. The molecule has 2 aromatic rings. The second-order valence-corrected chi connectivity index (χ2v) is 7.68. The van der Waals surface area contributed by atoms with E-state index in [4.69, 9.17) is 4.74 Å². The molecule has 2 fully saturated rings. The van der Waals surface area contributed by atoms with E-state index in [2.05, 4.69) is 43.7 Å². The van der Waals surface area contributed by atoms with E-state index in [1.54, 1.807) is 7.05 Å². The van der Waals surface area contributed by atoms with Crippen molar-refractivity contribution in [2.24, 2.45) is 4.99 Å². The van der Waals surface area contributed by atoms with Crippen LogP contribution in [-0.2, 0) is 22.6 Å². The van der Waals surface area contributed by atoms with E-state index in [1.165, 1.54) is 0 Å². The highest BCUT2D eigenvalue weighted by molar-refractivity contribution is 14.0. The molecule has 0 unspecified atom stereocenters. The first-order valence-corrected chi connectivity index (χ1v) is 10.8. The first-order chi connectivity index (χ1) is 15.2. The van der Waals surface area contributed by atoms with Gasteiger partial charge in [0.1, 0.15) is 5.82 Å². The maximum atomic E-state index is 11.9. The van der Waals surface area contributed by atoms with E-state index in [0.29, 0.717) is 19.5 Å². The smallest absolute Gasteiger partial charge is 0.227 e. The van der Waals surface area contributed by atoms with Crippen molar-refractivity contribution in [1.82, 2.24) is 15.6 Å². The summed E-state index contributed by atoms with van der Waals surface area (Å²) in [6.07, 6.45) is 3.42. The van der Waals surface area contributed by atoms with Crippen LogP contribution in [0.5, 0.6) is 0 Å². The maximum Gasteiger partial charge on any atom is 0.227 e. The van der Waals surface area contributed by atoms with Gasteiger partial charge in [0.05, 0.1) is 13.2 Å². The van der Waals surface area contributed by atoms with Crippen LogP contribution in [0.1, 0.15) is 24.0 Å². The van der Waals surface area contributed by atoms with E-state index < -0.39 is 0 Å². The summed E-state index contributed by atoms with van der Waals surface area (Å²) >= 11 is 0. The van der Waals surface area contributed by atoms with Gasteiger partial charge < -0.3 is 25.2 Å². The number of ether oxygens (including phenoxy) is 1. The summed E-state index contributed by atoms with van der Waals surface area (Å²) in [5.74, 6) is 1.94. The van der Waals surface area contributed by atoms with E-state index in [0.717, 1.165) is 67.9 Å². The molecule has 1 aromatic carbocycles. The van der Waals surface area contributed by atoms with Crippen LogP contribution >= 0.6 is 24.0 Å². The summed E-state index contributed by atoms with van der Waals surface area (Å²) in [6, 6.07) is 12.2. The van der Waals surface area contributed by atoms with Gasteiger partial charge in [-0.15, -0.1) is 24.0 Å². The average Bonchev–Trinajstić information content (AvgIpc) is 3.26. The van der Waals surface area contributed by atoms with Crippen LogP contribution in [0.2, 0.25) is 0 Å². The van der Waals surface area contributed by atoms with Gasteiger partial charge in [0, 0.05) is 63.6 Å². The first-order valence-electron chi connectivity index (χ1n) is 10.8. The molecule has 2 saturated heterocycles. The minimum absolute atomic E-state index is 0. The van der Waals surface area contributed by atoms with E-state index in [-0.39, 0.29) is 29.9 Å². The number of halogens is 1. The summed E-state index contributed by atoms with van der Waals surface area (Å²) in [6.45, 7) is 5.28. The van der Waals surface area contributed by atoms with Crippen LogP contribution in [0.3, 0.4) is 0 Å². The lowest BCUT2D eigenvalue weighted by atomic mass is 10.2. The number of anilines is 2. The van der Waals surface area contributed by atoms with Gasteiger partial charge >= 0.3 is 0 Å². The van der Waals surface area contributed by atoms with Crippen molar-refractivity contribution in [3.05, 3.63) is 53.7 Å². The number of carbonyl (C=O) groups is 1. The fourth-order valence-corrected chi connectivity index (χ4v) is 3.93. The van der Waals surface area contributed by atoms with Crippen molar-refractivity contribution in [3.63, 3.8) is 0 Å². The van der Waals surface area contributed by atoms with Crippen molar-refractivity contribution >= 4 is 47.3 Å². The number of pyridine rings is 1. The third-order valence-electron chi connectivity index (χ3n) is 5.63. The molecule has 32 heavy (non-hydrogen) atoms. The number of carbonyl (C=O) groups excluding carboxylic acids is 1. The minimum Gasteiger partial charge on any atom is -0.378 e. The zero-order valence-corrected chi connectivity index (χ0v) is 20.7. The Morgan fingerprint density at radius 2 is 1.84 bits per heavy atom. The van der Waals surface area contributed by atoms with Crippen LogP contribution in [0.4, 0.5) is 11.5 Å². The van der Waals surface area contributed by atoms with Crippen LogP contribution in [0, 0.1) is 0 Å². The fraction of sp³-hybridized carbons (Fsp3) is 0.435. The summed E-state index contributed by atoms with van der Waals surface area (Å²) in [4.78, 5) is 25.0. The molecule has 0 bridgehead atoms. The van der Waals surface area contributed by atoms with Crippen molar-refractivity contribution in [2.75, 3.05) is 49.7 Å². The van der Waals surface area contributed by atoms with Gasteiger partial charge in [-0.3, -0.25) is 9.79 Å². The van der Waals surface area contributed by atoms with Gasteiger partial charge in [-0.2, -0.15) is 0 Å². The number of aromatic nitrogens is 1. The Balaban J connectivity index is 0.00000289. The number of guanidine groups is 1. The molecule has 1 amide bonds. The molecule has 3 heterocycles. The molecule has 0 radical (unpaired) electrons. The SMILES string of the molecule is CN=C(NCc1ccc(N2CCCC2=O)cc1)NCc1cccnc1N1CCOCC1.I. The maximum absolute atomic E-state index is 11.9. The highest BCUT2D eigenvalue weighted by atomic mass is 127. The Bertz CT molecular complexity index is 915. The fourth-order valence-electron chi connectivity index (χ4n) is 3.93. The third-order valence-corrected chi connectivity index (χ3v) is 5.63. The summed E-state index contributed by atoms with van der Waals surface area (Å²) in [7, 11) is 1.77. The molecule has 2 aliphatic heterocycles. The molecule has 9 heteroatoms. The lowest BCUT2D eigenvalue weighted by Crippen LogP contribution is -2.39. The van der Waals surface area contributed by atoms with E-state index >= 15 is 0 Å². The highest BCUT2D eigenvalue weighted by Gasteiger charge is 2.21. The molecular weight excluding hydrogens is 519 g/mol. The van der Waals surface area contributed by atoms with Crippen molar-refractivity contribution in [3.8, 4) is 0 Å². The number of benzene rings is 1. The highest BCUT2D eigenvalue weighted by Crippen LogP contribution is 2.21. The number of aliphatic imine (C=N–C) groups is 1. The van der Waals surface area contributed by atoms with Gasteiger partial charge in [-0.25, -0.2) is 4.98 Å².